The molecular weight excluding hydrogens is 318 g/mol. The SMILES string of the molecule is CCOC(=O)NC1(c2nnnn2-c2cc(C)cc(C)c2)CCCCC1. The molecule has 7 nitrogen and oxygen atoms in total. The number of carbonyl (C=O) groups is 1. The van der Waals surface area contributed by atoms with Gasteiger partial charge in [0, 0.05) is 0 Å². The van der Waals surface area contributed by atoms with Gasteiger partial charge in [0.25, 0.3) is 0 Å². The highest BCUT2D eigenvalue weighted by atomic mass is 16.5. The molecule has 1 heterocycles. The first-order valence-corrected chi connectivity index (χ1v) is 8.86. The molecule has 1 aromatic heterocycles. The van der Waals surface area contributed by atoms with Gasteiger partial charge in [-0.15, -0.1) is 5.10 Å². The monoisotopic (exact) mass is 343 g/mol. The summed E-state index contributed by atoms with van der Waals surface area (Å²) in [5, 5.41) is 15.5. The van der Waals surface area contributed by atoms with Crippen LogP contribution in [0.15, 0.2) is 18.2 Å². The quantitative estimate of drug-likeness (QED) is 0.922. The summed E-state index contributed by atoms with van der Waals surface area (Å²) >= 11 is 0. The molecule has 7 heteroatoms. The minimum atomic E-state index is -0.592. The van der Waals surface area contributed by atoms with Crippen LogP contribution >= 0.6 is 0 Å². The number of benzene rings is 1. The summed E-state index contributed by atoms with van der Waals surface area (Å²) in [4.78, 5) is 12.2. The molecule has 1 fully saturated rings. The van der Waals surface area contributed by atoms with Gasteiger partial charge in [-0.3, -0.25) is 0 Å². The van der Waals surface area contributed by atoms with Gasteiger partial charge < -0.3 is 10.1 Å². The molecule has 0 radical (unpaired) electrons. The third-order valence-electron chi connectivity index (χ3n) is 4.67. The second kappa shape index (κ2) is 7.21. The summed E-state index contributed by atoms with van der Waals surface area (Å²) < 4.78 is 6.87. The van der Waals surface area contributed by atoms with Crippen LogP contribution in [0.4, 0.5) is 4.79 Å². The van der Waals surface area contributed by atoms with E-state index >= 15 is 0 Å². The Balaban J connectivity index is 2.03. The molecule has 1 N–H and O–H groups in total. The Morgan fingerprint density at radius 2 is 1.88 bits per heavy atom. The summed E-state index contributed by atoms with van der Waals surface area (Å²) in [5.74, 6) is 0.672. The second-order valence-corrected chi connectivity index (χ2v) is 6.75. The van der Waals surface area contributed by atoms with Gasteiger partial charge in [0.2, 0.25) is 0 Å². The average molecular weight is 343 g/mol. The number of alkyl carbamates (subject to hydrolysis) is 1. The van der Waals surface area contributed by atoms with Gasteiger partial charge in [0.05, 0.1) is 12.3 Å². The number of nitrogens with zero attached hydrogens (tertiary/aromatic N) is 4. The number of hydrogen-bond donors (Lipinski definition) is 1. The molecule has 3 rings (SSSR count). The predicted octanol–water partition coefficient (Wildman–Crippen LogP) is 3.18. The maximum Gasteiger partial charge on any atom is 0.407 e. The van der Waals surface area contributed by atoms with Gasteiger partial charge in [0.15, 0.2) is 5.82 Å². The molecule has 1 saturated carbocycles. The number of aryl methyl sites for hydroxylation is 2. The molecule has 25 heavy (non-hydrogen) atoms. The van der Waals surface area contributed by atoms with E-state index in [0.29, 0.717) is 12.4 Å². The third kappa shape index (κ3) is 3.65. The van der Waals surface area contributed by atoms with E-state index in [1.165, 1.54) is 0 Å². The van der Waals surface area contributed by atoms with Crippen LogP contribution in [0.3, 0.4) is 0 Å². The lowest BCUT2D eigenvalue weighted by molar-refractivity contribution is 0.124. The molecule has 1 aliphatic carbocycles. The van der Waals surface area contributed by atoms with Crippen LogP contribution < -0.4 is 5.32 Å². The Hall–Kier alpha value is -2.44. The van der Waals surface area contributed by atoms with E-state index in [4.69, 9.17) is 4.74 Å². The van der Waals surface area contributed by atoms with Crippen molar-refractivity contribution < 1.29 is 9.53 Å². The maximum absolute atomic E-state index is 12.2. The number of nitrogens with one attached hydrogen (secondary N) is 1. The number of aromatic nitrogens is 4. The summed E-state index contributed by atoms with van der Waals surface area (Å²) in [6.45, 7) is 6.23. The molecule has 1 aromatic carbocycles. The van der Waals surface area contributed by atoms with Gasteiger partial charge in [-0.1, -0.05) is 25.3 Å². The van der Waals surface area contributed by atoms with E-state index in [9.17, 15) is 4.79 Å². The lowest BCUT2D eigenvalue weighted by atomic mass is 9.81. The lowest BCUT2D eigenvalue weighted by Gasteiger charge is -2.36. The highest BCUT2D eigenvalue weighted by molar-refractivity contribution is 5.68. The minimum Gasteiger partial charge on any atom is -0.450 e. The van der Waals surface area contributed by atoms with Gasteiger partial charge in [-0.2, -0.15) is 4.68 Å². The van der Waals surface area contributed by atoms with Crippen molar-refractivity contribution in [3.63, 3.8) is 0 Å². The number of amides is 1. The standard InChI is InChI=1S/C18H25N5O2/c1-4-25-17(24)19-18(8-6-5-7-9-18)16-20-21-22-23(16)15-11-13(2)10-14(3)12-15/h10-12H,4-9H2,1-3H3,(H,19,24). The van der Waals surface area contributed by atoms with Gasteiger partial charge >= 0.3 is 6.09 Å². The van der Waals surface area contributed by atoms with E-state index in [0.717, 1.165) is 48.9 Å². The zero-order chi connectivity index (χ0) is 17.9. The summed E-state index contributed by atoms with van der Waals surface area (Å²) in [6.07, 6.45) is 4.38. The molecule has 1 aliphatic rings. The Labute approximate surface area is 147 Å². The van der Waals surface area contributed by atoms with Crippen molar-refractivity contribution in [2.75, 3.05) is 6.61 Å². The number of carbonyl (C=O) groups excluding carboxylic acids is 1. The van der Waals surface area contributed by atoms with Crippen molar-refractivity contribution in [2.24, 2.45) is 0 Å². The fraction of sp³-hybridized carbons (Fsp3) is 0.556. The van der Waals surface area contributed by atoms with E-state index in [1.807, 2.05) is 26.0 Å². The molecule has 2 aromatic rings. The maximum atomic E-state index is 12.2. The van der Waals surface area contributed by atoms with E-state index in [2.05, 4.69) is 26.9 Å². The van der Waals surface area contributed by atoms with E-state index < -0.39 is 11.6 Å². The van der Waals surface area contributed by atoms with Crippen molar-refractivity contribution in [3.8, 4) is 5.69 Å². The van der Waals surface area contributed by atoms with Crippen LogP contribution in [0.2, 0.25) is 0 Å². The van der Waals surface area contributed by atoms with Crippen molar-refractivity contribution in [3.05, 3.63) is 35.2 Å². The van der Waals surface area contributed by atoms with Crippen molar-refractivity contribution in [1.29, 1.82) is 0 Å². The van der Waals surface area contributed by atoms with Crippen molar-refractivity contribution in [2.45, 2.75) is 58.4 Å². The Kier molecular flexibility index (Phi) is 5.01. The molecule has 1 amide bonds. The topological polar surface area (TPSA) is 81.9 Å². The Morgan fingerprint density at radius 3 is 2.52 bits per heavy atom. The molecule has 0 aliphatic heterocycles. The number of hydrogen-bond acceptors (Lipinski definition) is 5. The van der Waals surface area contributed by atoms with Crippen LogP contribution in [-0.4, -0.2) is 32.9 Å². The van der Waals surface area contributed by atoms with Crippen molar-refractivity contribution >= 4 is 6.09 Å². The van der Waals surface area contributed by atoms with E-state index in [-0.39, 0.29) is 0 Å². The number of tetrazole rings is 1. The highest BCUT2D eigenvalue weighted by Crippen LogP contribution is 2.36. The van der Waals surface area contributed by atoms with Crippen LogP contribution in [-0.2, 0) is 10.3 Å². The fourth-order valence-electron chi connectivity index (χ4n) is 3.65. The van der Waals surface area contributed by atoms with Crippen LogP contribution in [0.5, 0.6) is 0 Å². The minimum absolute atomic E-state index is 0.337. The van der Waals surface area contributed by atoms with Crippen LogP contribution in [0.25, 0.3) is 5.69 Å². The molecule has 0 bridgehead atoms. The summed E-state index contributed by atoms with van der Waals surface area (Å²) in [6, 6.07) is 6.21. The van der Waals surface area contributed by atoms with Gasteiger partial charge in [-0.25, -0.2) is 4.79 Å². The zero-order valence-electron chi connectivity index (χ0n) is 15.1. The largest absolute Gasteiger partial charge is 0.450 e. The number of ether oxygens (including phenoxy) is 1. The number of rotatable bonds is 4. The molecular formula is C18H25N5O2. The third-order valence-corrected chi connectivity index (χ3v) is 4.67. The summed E-state index contributed by atoms with van der Waals surface area (Å²) in [7, 11) is 0. The average Bonchev–Trinajstić information content (AvgIpc) is 3.05. The smallest absolute Gasteiger partial charge is 0.407 e. The van der Waals surface area contributed by atoms with Gasteiger partial charge in [0.1, 0.15) is 5.54 Å². The first kappa shape index (κ1) is 17.4. The van der Waals surface area contributed by atoms with Crippen LogP contribution in [0.1, 0.15) is 56.0 Å². The second-order valence-electron chi connectivity index (χ2n) is 6.75. The van der Waals surface area contributed by atoms with E-state index in [1.54, 1.807) is 11.6 Å². The molecule has 0 spiro atoms. The zero-order valence-corrected chi connectivity index (χ0v) is 15.1. The molecule has 0 atom stereocenters. The fourth-order valence-corrected chi connectivity index (χ4v) is 3.65. The molecule has 134 valence electrons. The van der Waals surface area contributed by atoms with Crippen LogP contribution in [0, 0.1) is 13.8 Å². The summed E-state index contributed by atoms with van der Waals surface area (Å²) in [5.41, 5.74) is 2.61. The highest BCUT2D eigenvalue weighted by Gasteiger charge is 2.41. The molecule has 0 saturated heterocycles. The van der Waals surface area contributed by atoms with Crippen molar-refractivity contribution in [1.82, 2.24) is 25.5 Å². The normalized spacial score (nSPS) is 16.4. The predicted molar refractivity (Wildman–Crippen MR) is 93.5 cm³/mol. The Bertz CT molecular complexity index is 729. The molecule has 0 unspecified atom stereocenters. The first-order valence-electron chi connectivity index (χ1n) is 8.86. The lowest BCUT2D eigenvalue weighted by Crippen LogP contribution is -2.49. The first-order chi connectivity index (χ1) is 12.0. The van der Waals surface area contributed by atoms with Gasteiger partial charge in [-0.05, 0) is 67.3 Å². The Morgan fingerprint density at radius 1 is 1.20 bits per heavy atom.